The summed E-state index contributed by atoms with van der Waals surface area (Å²) in [6.45, 7) is 0.704. The second-order valence-electron chi connectivity index (χ2n) is 4.30. The average Bonchev–Trinajstić information content (AvgIpc) is 2.27. The molecule has 0 amide bonds. The van der Waals surface area contributed by atoms with Gasteiger partial charge in [-0.15, -0.1) is 0 Å². The molecule has 0 aliphatic heterocycles. The minimum absolute atomic E-state index is 0.165. The minimum atomic E-state index is 0.165. The Kier molecular flexibility index (Phi) is 3.44. The topological polar surface area (TPSA) is 87.0 Å². The van der Waals surface area contributed by atoms with Crippen LogP contribution in [0.5, 0.6) is 5.88 Å². The van der Waals surface area contributed by atoms with E-state index >= 15 is 0 Å². The number of hydrogen-bond donors (Lipinski definition) is 2. The third-order valence-electron chi connectivity index (χ3n) is 2.93. The van der Waals surface area contributed by atoms with Crippen LogP contribution in [0.4, 0.5) is 11.8 Å². The minimum Gasteiger partial charge on any atom is -0.477 e. The van der Waals surface area contributed by atoms with Crippen molar-refractivity contribution in [1.29, 1.82) is 0 Å². The number of aromatic nitrogens is 2. The van der Waals surface area contributed by atoms with Gasteiger partial charge in [-0.25, -0.2) is 0 Å². The van der Waals surface area contributed by atoms with Gasteiger partial charge in [0, 0.05) is 6.07 Å². The van der Waals surface area contributed by atoms with Crippen molar-refractivity contribution in [2.24, 2.45) is 5.92 Å². The van der Waals surface area contributed by atoms with E-state index in [0.29, 0.717) is 24.2 Å². The molecule has 1 heterocycles. The molecule has 0 radical (unpaired) electrons. The number of anilines is 2. The van der Waals surface area contributed by atoms with E-state index in [2.05, 4.69) is 9.97 Å². The quantitative estimate of drug-likeness (QED) is 0.811. The van der Waals surface area contributed by atoms with E-state index in [1.54, 1.807) is 6.07 Å². The molecule has 1 aliphatic rings. The van der Waals surface area contributed by atoms with Gasteiger partial charge in [-0.2, -0.15) is 9.97 Å². The van der Waals surface area contributed by atoms with Crippen molar-refractivity contribution in [3.8, 4) is 5.88 Å². The predicted octanol–water partition coefficient (Wildman–Crippen LogP) is 1.60. The van der Waals surface area contributed by atoms with Crippen LogP contribution < -0.4 is 16.2 Å². The molecule has 4 N–H and O–H groups in total. The van der Waals surface area contributed by atoms with Crippen LogP contribution in [0, 0.1) is 5.92 Å². The van der Waals surface area contributed by atoms with Gasteiger partial charge in [0.15, 0.2) is 0 Å². The van der Waals surface area contributed by atoms with Crippen molar-refractivity contribution in [3.05, 3.63) is 6.07 Å². The number of nitrogens with zero attached hydrogens (tertiary/aromatic N) is 2. The van der Waals surface area contributed by atoms with Crippen molar-refractivity contribution in [1.82, 2.24) is 9.97 Å². The summed E-state index contributed by atoms with van der Waals surface area (Å²) in [6, 6.07) is 1.61. The fraction of sp³-hybridized carbons (Fsp3) is 0.636. The Hall–Kier alpha value is -1.52. The summed E-state index contributed by atoms with van der Waals surface area (Å²) in [5.41, 5.74) is 11.0. The standard InChI is InChI=1S/C11H18N4O/c12-9-6-10(15-11(13)14-9)16-7-8-4-2-1-3-5-8/h6,8H,1-5,7H2,(H4,12,13,14,15). The van der Waals surface area contributed by atoms with Gasteiger partial charge in [0.1, 0.15) is 5.82 Å². The van der Waals surface area contributed by atoms with Gasteiger partial charge in [0.05, 0.1) is 6.61 Å². The Morgan fingerprint density at radius 2 is 1.94 bits per heavy atom. The lowest BCUT2D eigenvalue weighted by Crippen LogP contribution is -2.16. The molecule has 5 nitrogen and oxygen atoms in total. The third kappa shape index (κ3) is 2.98. The van der Waals surface area contributed by atoms with Gasteiger partial charge in [0.2, 0.25) is 11.8 Å². The Morgan fingerprint density at radius 3 is 2.62 bits per heavy atom. The van der Waals surface area contributed by atoms with E-state index in [0.717, 1.165) is 0 Å². The number of nitrogen functional groups attached to an aromatic ring is 2. The van der Waals surface area contributed by atoms with Gasteiger partial charge in [0.25, 0.3) is 0 Å². The van der Waals surface area contributed by atoms with E-state index < -0.39 is 0 Å². The van der Waals surface area contributed by atoms with Crippen molar-refractivity contribution >= 4 is 11.8 Å². The lowest BCUT2D eigenvalue weighted by molar-refractivity contribution is 0.203. The van der Waals surface area contributed by atoms with E-state index in [1.165, 1.54) is 32.1 Å². The zero-order chi connectivity index (χ0) is 11.4. The average molecular weight is 222 g/mol. The lowest BCUT2D eigenvalue weighted by atomic mass is 9.90. The first-order valence-electron chi connectivity index (χ1n) is 5.77. The molecule has 88 valence electrons. The normalized spacial score (nSPS) is 17.2. The lowest BCUT2D eigenvalue weighted by Gasteiger charge is -2.21. The molecule has 0 aromatic carbocycles. The third-order valence-corrected chi connectivity index (χ3v) is 2.93. The van der Waals surface area contributed by atoms with Gasteiger partial charge in [-0.1, -0.05) is 19.3 Å². The summed E-state index contributed by atoms with van der Waals surface area (Å²) in [5.74, 6) is 1.64. The number of nitrogens with two attached hydrogens (primary N) is 2. The van der Waals surface area contributed by atoms with E-state index in [1.807, 2.05) is 0 Å². The molecule has 0 atom stereocenters. The second kappa shape index (κ2) is 5.01. The molecule has 16 heavy (non-hydrogen) atoms. The fourth-order valence-electron chi connectivity index (χ4n) is 2.09. The molecule has 1 aromatic heterocycles. The van der Waals surface area contributed by atoms with E-state index in [-0.39, 0.29) is 5.95 Å². The van der Waals surface area contributed by atoms with Gasteiger partial charge >= 0.3 is 0 Å². The molecular formula is C11H18N4O. The molecule has 1 fully saturated rings. The molecule has 1 saturated carbocycles. The predicted molar refractivity (Wildman–Crippen MR) is 62.9 cm³/mol. The SMILES string of the molecule is Nc1cc(OCC2CCCCC2)nc(N)n1. The zero-order valence-electron chi connectivity index (χ0n) is 9.35. The van der Waals surface area contributed by atoms with E-state index in [4.69, 9.17) is 16.2 Å². The maximum absolute atomic E-state index is 5.60. The monoisotopic (exact) mass is 222 g/mol. The summed E-state index contributed by atoms with van der Waals surface area (Å²) in [6.07, 6.45) is 6.46. The maximum Gasteiger partial charge on any atom is 0.225 e. The van der Waals surface area contributed by atoms with Gasteiger partial charge in [-0.05, 0) is 18.8 Å². The molecular weight excluding hydrogens is 204 g/mol. The van der Waals surface area contributed by atoms with E-state index in [9.17, 15) is 0 Å². The van der Waals surface area contributed by atoms with Crippen LogP contribution in [-0.4, -0.2) is 16.6 Å². The zero-order valence-corrected chi connectivity index (χ0v) is 9.35. The van der Waals surface area contributed by atoms with Crippen LogP contribution in [0.25, 0.3) is 0 Å². The van der Waals surface area contributed by atoms with Crippen LogP contribution >= 0.6 is 0 Å². The van der Waals surface area contributed by atoms with Crippen molar-refractivity contribution in [3.63, 3.8) is 0 Å². The molecule has 5 heteroatoms. The first kappa shape index (κ1) is 11.0. The first-order valence-corrected chi connectivity index (χ1v) is 5.77. The van der Waals surface area contributed by atoms with Gasteiger partial charge in [-0.3, -0.25) is 0 Å². The Bertz CT molecular complexity index is 330. The highest BCUT2D eigenvalue weighted by atomic mass is 16.5. The number of rotatable bonds is 3. The fourth-order valence-corrected chi connectivity index (χ4v) is 2.09. The molecule has 1 aromatic rings. The highest BCUT2D eigenvalue weighted by molar-refractivity contribution is 5.38. The molecule has 0 spiro atoms. The summed E-state index contributed by atoms with van der Waals surface area (Å²) >= 11 is 0. The maximum atomic E-state index is 5.60. The smallest absolute Gasteiger partial charge is 0.225 e. The highest BCUT2D eigenvalue weighted by Crippen LogP contribution is 2.24. The van der Waals surface area contributed by atoms with Crippen molar-refractivity contribution < 1.29 is 4.74 Å². The highest BCUT2D eigenvalue weighted by Gasteiger charge is 2.14. The van der Waals surface area contributed by atoms with Crippen molar-refractivity contribution in [2.45, 2.75) is 32.1 Å². The molecule has 0 bridgehead atoms. The van der Waals surface area contributed by atoms with Crippen LogP contribution in [0.15, 0.2) is 6.07 Å². The van der Waals surface area contributed by atoms with Gasteiger partial charge < -0.3 is 16.2 Å². The molecule has 2 rings (SSSR count). The largest absolute Gasteiger partial charge is 0.477 e. The summed E-state index contributed by atoms with van der Waals surface area (Å²) in [4.78, 5) is 7.78. The second-order valence-corrected chi connectivity index (χ2v) is 4.30. The molecule has 0 saturated heterocycles. The molecule has 0 unspecified atom stereocenters. The number of ether oxygens (including phenoxy) is 1. The van der Waals surface area contributed by atoms with Crippen LogP contribution in [0.3, 0.4) is 0 Å². The Balaban J connectivity index is 1.88. The van der Waals surface area contributed by atoms with Crippen LogP contribution in [-0.2, 0) is 0 Å². The van der Waals surface area contributed by atoms with Crippen LogP contribution in [0.1, 0.15) is 32.1 Å². The molecule has 1 aliphatic carbocycles. The summed E-state index contributed by atoms with van der Waals surface area (Å²) < 4.78 is 5.60. The Morgan fingerprint density at radius 1 is 1.19 bits per heavy atom. The number of hydrogen-bond acceptors (Lipinski definition) is 5. The van der Waals surface area contributed by atoms with Crippen LogP contribution in [0.2, 0.25) is 0 Å². The van der Waals surface area contributed by atoms with Crippen molar-refractivity contribution in [2.75, 3.05) is 18.1 Å². The first-order chi connectivity index (χ1) is 7.74. The Labute approximate surface area is 95.2 Å². The summed E-state index contributed by atoms with van der Waals surface area (Å²) in [7, 11) is 0. The summed E-state index contributed by atoms with van der Waals surface area (Å²) in [5, 5.41) is 0.